The lowest BCUT2D eigenvalue weighted by molar-refractivity contribution is 0.198. The molecule has 1 aromatic heterocycles. The number of nitrogens with zero attached hydrogens (tertiary/aromatic N) is 1. The molecule has 0 aliphatic heterocycles. The third-order valence-electron chi connectivity index (χ3n) is 2.73. The van der Waals surface area contributed by atoms with Crippen molar-refractivity contribution < 1.29 is 9.50 Å². The van der Waals surface area contributed by atoms with Gasteiger partial charge in [0.05, 0.1) is 6.10 Å². The summed E-state index contributed by atoms with van der Waals surface area (Å²) in [6, 6.07) is 8.70. The summed E-state index contributed by atoms with van der Waals surface area (Å²) in [6.45, 7) is 5.53. The largest absolute Gasteiger partial charge is 0.389 e. The van der Waals surface area contributed by atoms with Gasteiger partial charge in [-0.3, -0.25) is 0 Å². The minimum atomic E-state index is -0.659. The molecule has 0 radical (unpaired) electrons. The number of aromatic nitrogens is 1. The van der Waals surface area contributed by atoms with E-state index in [-0.39, 0.29) is 5.82 Å². The van der Waals surface area contributed by atoms with Gasteiger partial charge in [-0.25, -0.2) is 9.37 Å². The van der Waals surface area contributed by atoms with Crippen LogP contribution in [0.15, 0.2) is 40.3 Å². The van der Waals surface area contributed by atoms with Gasteiger partial charge in [0, 0.05) is 10.6 Å². The first-order valence-electron chi connectivity index (χ1n) is 6.06. The van der Waals surface area contributed by atoms with Crippen LogP contribution < -0.4 is 0 Å². The molecule has 2 rings (SSSR count). The van der Waals surface area contributed by atoms with Gasteiger partial charge in [0.2, 0.25) is 0 Å². The number of benzene rings is 1. The molecule has 4 heteroatoms. The van der Waals surface area contributed by atoms with Crippen molar-refractivity contribution in [3.05, 3.63) is 53.0 Å². The molecule has 2 aromatic rings. The van der Waals surface area contributed by atoms with Gasteiger partial charge in [-0.2, -0.15) is 0 Å². The molecule has 0 unspecified atom stereocenters. The Morgan fingerprint density at radius 1 is 1.21 bits per heavy atom. The van der Waals surface area contributed by atoms with Crippen molar-refractivity contribution in [3.63, 3.8) is 0 Å². The van der Waals surface area contributed by atoms with Crippen LogP contribution in [-0.4, -0.2) is 10.1 Å². The fourth-order valence-corrected chi connectivity index (χ4v) is 2.78. The molecular weight excluding hydrogens is 261 g/mol. The average molecular weight is 277 g/mol. The smallest absolute Gasteiger partial charge is 0.137 e. The van der Waals surface area contributed by atoms with Gasteiger partial charge < -0.3 is 5.11 Å². The van der Waals surface area contributed by atoms with Gasteiger partial charge in [-0.05, 0) is 56.2 Å². The van der Waals surface area contributed by atoms with E-state index in [1.165, 1.54) is 17.8 Å². The topological polar surface area (TPSA) is 33.1 Å². The van der Waals surface area contributed by atoms with E-state index in [0.29, 0.717) is 10.5 Å². The van der Waals surface area contributed by atoms with Crippen molar-refractivity contribution in [2.75, 3.05) is 0 Å². The highest BCUT2D eigenvalue weighted by atomic mass is 32.2. The van der Waals surface area contributed by atoms with E-state index in [0.717, 1.165) is 16.3 Å². The van der Waals surface area contributed by atoms with E-state index in [2.05, 4.69) is 4.98 Å². The first kappa shape index (κ1) is 14.0. The predicted octanol–water partition coefficient (Wildman–Crippen LogP) is 4.04. The molecule has 0 amide bonds. The maximum absolute atomic E-state index is 13.9. The average Bonchev–Trinajstić information content (AvgIpc) is 2.30. The highest BCUT2D eigenvalue weighted by Gasteiger charge is 2.09. The number of hydrogen-bond donors (Lipinski definition) is 1. The minimum absolute atomic E-state index is 0.329. The van der Waals surface area contributed by atoms with E-state index in [4.69, 9.17) is 0 Å². The van der Waals surface area contributed by atoms with E-state index < -0.39 is 6.10 Å². The zero-order valence-corrected chi connectivity index (χ0v) is 12.0. The number of aliphatic hydroxyl groups is 1. The zero-order valence-electron chi connectivity index (χ0n) is 11.1. The van der Waals surface area contributed by atoms with E-state index in [9.17, 15) is 9.50 Å². The van der Waals surface area contributed by atoms with Crippen LogP contribution in [0.2, 0.25) is 0 Å². The summed E-state index contributed by atoms with van der Waals surface area (Å²) in [6.07, 6.45) is -0.659. The third-order valence-corrected chi connectivity index (χ3v) is 3.70. The minimum Gasteiger partial charge on any atom is -0.389 e. The zero-order chi connectivity index (χ0) is 14.0. The molecule has 0 bridgehead atoms. The third kappa shape index (κ3) is 3.55. The Bertz CT molecular complexity index is 578. The van der Waals surface area contributed by atoms with Crippen LogP contribution in [0.1, 0.15) is 29.8 Å². The lowest BCUT2D eigenvalue weighted by Crippen LogP contribution is -1.93. The standard InChI is InChI=1S/C15H16FNOS/c1-9-6-10(2)17-15(7-9)19-14-5-4-12(11(3)18)8-13(14)16/h4-8,11,18H,1-3H3/t11-/m1/s1. The second kappa shape index (κ2) is 5.72. The van der Waals surface area contributed by atoms with Crippen LogP contribution in [0.5, 0.6) is 0 Å². The molecule has 100 valence electrons. The molecular formula is C15H16FNOS. The normalized spacial score (nSPS) is 12.5. The summed E-state index contributed by atoms with van der Waals surface area (Å²) in [5, 5.41) is 10.2. The second-order valence-electron chi connectivity index (χ2n) is 4.59. The quantitative estimate of drug-likeness (QED) is 0.919. The Morgan fingerprint density at radius 3 is 2.53 bits per heavy atom. The van der Waals surface area contributed by atoms with Crippen molar-refractivity contribution in [1.29, 1.82) is 0 Å². The van der Waals surface area contributed by atoms with Crippen molar-refractivity contribution in [2.24, 2.45) is 0 Å². The van der Waals surface area contributed by atoms with Gasteiger partial charge in [-0.1, -0.05) is 17.8 Å². The number of rotatable bonds is 3. The number of halogens is 1. The Hall–Kier alpha value is -1.39. The van der Waals surface area contributed by atoms with E-state index in [1.807, 2.05) is 26.0 Å². The van der Waals surface area contributed by atoms with Crippen LogP contribution in [0.4, 0.5) is 4.39 Å². The molecule has 0 fully saturated rings. The molecule has 0 spiro atoms. The lowest BCUT2D eigenvalue weighted by Gasteiger charge is -2.08. The van der Waals surface area contributed by atoms with E-state index >= 15 is 0 Å². The van der Waals surface area contributed by atoms with Gasteiger partial charge in [-0.15, -0.1) is 0 Å². The van der Waals surface area contributed by atoms with Crippen molar-refractivity contribution in [2.45, 2.75) is 36.8 Å². The van der Waals surface area contributed by atoms with Crippen LogP contribution in [-0.2, 0) is 0 Å². The highest BCUT2D eigenvalue weighted by molar-refractivity contribution is 7.99. The summed E-state index contributed by atoms with van der Waals surface area (Å²) < 4.78 is 13.9. The molecule has 0 saturated carbocycles. The molecule has 0 aliphatic rings. The summed E-state index contributed by atoms with van der Waals surface area (Å²) in [5.74, 6) is -0.329. The second-order valence-corrected chi connectivity index (χ2v) is 5.65. The maximum atomic E-state index is 13.9. The molecule has 19 heavy (non-hydrogen) atoms. The van der Waals surface area contributed by atoms with Crippen molar-refractivity contribution in [1.82, 2.24) is 4.98 Å². The van der Waals surface area contributed by atoms with Gasteiger partial charge >= 0.3 is 0 Å². The maximum Gasteiger partial charge on any atom is 0.137 e. The van der Waals surface area contributed by atoms with Gasteiger partial charge in [0.1, 0.15) is 10.8 Å². The first-order valence-corrected chi connectivity index (χ1v) is 6.88. The van der Waals surface area contributed by atoms with Crippen molar-refractivity contribution >= 4 is 11.8 Å². The van der Waals surface area contributed by atoms with E-state index in [1.54, 1.807) is 19.1 Å². The number of aryl methyl sites for hydroxylation is 2. The number of hydrogen-bond acceptors (Lipinski definition) is 3. The summed E-state index contributed by atoms with van der Waals surface area (Å²) in [7, 11) is 0. The van der Waals surface area contributed by atoms with Crippen molar-refractivity contribution in [3.8, 4) is 0 Å². The summed E-state index contributed by atoms with van der Waals surface area (Å²) in [5.41, 5.74) is 2.61. The molecule has 1 atom stereocenters. The summed E-state index contributed by atoms with van der Waals surface area (Å²) in [4.78, 5) is 4.89. The Balaban J connectivity index is 2.28. The molecule has 0 aliphatic carbocycles. The Labute approximate surface area is 116 Å². The molecule has 1 aromatic carbocycles. The van der Waals surface area contributed by atoms with Crippen LogP contribution in [0.3, 0.4) is 0 Å². The number of pyridine rings is 1. The van der Waals surface area contributed by atoms with Crippen LogP contribution in [0, 0.1) is 19.7 Å². The fraction of sp³-hybridized carbons (Fsp3) is 0.267. The monoisotopic (exact) mass is 277 g/mol. The lowest BCUT2D eigenvalue weighted by atomic mass is 10.1. The van der Waals surface area contributed by atoms with Gasteiger partial charge in [0.25, 0.3) is 0 Å². The molecule has 1 heterocycles. The SMILES string of the molecule is Cc1cc(C)nc(Sc2ccc([C@@H](C)O)cc2F)c1. The molecule has 0 saturated heterocycles. The van der Waals surface area contributed by atoms with Gasteiger partial charge in [0.15, 0.2) is 0 Å². The Kier molecular flexibility index (Phi) is 4.22. The summed E-state index contributed by atoms with van der Waals surface area (Å²) >= 11 is 1.30. The fourth-order valence-electron chi connectivity index (χ4n) is 1.83. The highest BCUT2D eigenvalue weighted by Crippen LogP contribution is 2.30. The van der Waals surface area contributed by atoms with Crippen LogP contribution >= 0.6 is 11.8 Å². The Morgan fingerprint density at radius 2 is 1.95 bits per heavy atom. The number of aliphatic hydroxyl groups excluding tert-OH is 1. The van der Waals surface area contributed by atoms with Crippen LogP contribution in [0.25, 0.3) is 0 Å². The predicted molar refractivity (Wildman–Crippen MR) is 74.9 cm³/mol. The first-order chi connectivity index (χ1) is 8.95. The molecule has 2 nitrogen and oxygen atoms in total. The molecule has 1 N–H and O–H groups in total.